The Bertz CT molecular complexity index is 528. The van der Waals surface area contributed by atoms with Gasteiger partial charge in [-0.25, -0.2) is 4.98 Å². The third kappa shape index (κ3) is 1.41. The third-order valence-electron chi connectivity index (χ3n) is 3.13. The molecule has 0 atom stereocenters. The smallest absolute Gasteiger partial charge is 0.201 e. The zero-order valence-corrected chi connectivity index (χ0v) is 9.31. The van der Waals surface area contributed by atoms with Crippen molar-refractivity contribution in [1.29, 1.82) is 0 Å². The Morgan fingerprint density at radius 1 is 1.50 bits per heavy atom. The van der Waals surface area contributed by atoms with Crippen molar-refractivity contribution in [2.45, 2.75) is 19.4 Å². The molecule has 0 unspecified atom stereocenters. The number of benzene rings is 1. The summed E-state index contributed by atoms with van der Waals surface area (Å²) >= 11 is 0. The summed E-state index contributed by atoms with van der Waals surface area (Å²) in [5, 5.41) is 0. The van der Waals surface area contributed by atoms with Crippen LogP contribution in [0.1, 0.15) is 12.8 Å². The van der Waals surface area contributed by atoms with Gasteiger partial charge in [0.2, 0.25) is 5.95 Å². The van der Waals surface area contributed by atoms with Gasteiger partial charge in [0.25, 0.3) is 0 Å². The van der Waals surface area contributed by atoms with Gasteiger partial charge in [0.05, 0.1) is 12.6 Å². The lowest BCUT2D eigenvalue weighted by Crippen LogP contribution is -2.04. The van der Waals surface area contributed by atoms with Crippen LogP contribution in [0, 0.1) is 5.92 Å². The normalized spacial score (nSPS) is 15.6. The highest BCUT2D eigenvalue weighted by atomic mass is 16.5. The largest absolute Gasteiger partial charge is 0.494 e. The Balaban J connectivity index is 2.15. The minimum atomic E-state index is 0.589. The van der Waals surface area contributed by atoms with E-state index in [9.17, 15) is 0 Å². The van der Waals surface area contributed by atoms with E-state index in [2.05, 4.69) is 9.55 Å². The van der Waals surface area contributed by atoms with E-state index < -0.39 is 0 Å². The summed E-state index contributed by atoms with van der Waals surface area (Å²) in [6.45, 7) is 0.982. The molecule has 0 saturated heterocycles. The molecule has 1 aliphatic carbocycles. The number of nitrogens with zero attached hydrogens (tertiary/aromatic N) is 2. The van der Waals surface area contributed by atoms with Crippen molar-refractivity contribution in [3.63, 3.8) is 0 Å². The number of hydrogen-bond acceptors (Lipinski definition) is 3. The zero-order chi connectivity index (χ0) is 11.1. The number of anilines is 1. The Morgan fingerprint density at radius 2 is 2.31 bits per heavy atom. The highest BCUT2D eigenvalue weighted by molar-refractivity contribution is 5.84. The Hall–Kier alpha value is -1.71. The number of aromatic nitrogens is 2. The molecular weight excluding hydrogens is 202 g/mol. The average molecular weight is 217 g/mol. The van der Waals surface area contributed by atoms with Crippen molar-refractivity contribution in [3.05, 3.63) is 18.2 Å². The first-order chi connectivity index (χ1) is 7.79. The number of hydrogen-bond donors (Lipinski definition) is 1. The fourth-order valence-corrected chi connectivity index (χ4v) is 2.05. The monoisotopic (exact) mass is 217 g/mol. The molecule has 1 aromatic heterocycles. The fraction of sp³-hybridized carbons (Fsp3) is 0.417. The van der Waals surface area contributed by atoms with Crippen LogP contribution in [0.4, 0.5) is 5.95 Å². The molecule has 0 amide bonds. The van der Waals surface area contributed by atoms with Crippen molar-refractivity contribution >= 4 is 17.0 Å². The van der Waals surface area contributed by atoms with E-state index in [1.807, 2.05) is 18.2 Å². The number of ether oxygens (including phenoxy) is 1. The van der Waals surface area contributed by atoms with Gasteiger partial charge in [0.1, 0.15) is 11.3 Å². The fourth-order valence-electron chi connectivity index (χ4n) is 2.05. The van der Waals surface area contributed by atoms with Crippen LogP contribution < -0.4 is 10.5 Å². The summed E-state index contributed by atoms with van der Waals surface area (Å²) in [5.74, 6) is 2.16. The van der Waals surface area contributed by atoms with E-state index in [1.54, 1.807) is 7.11 Å². The van der Waals surface area contributed by atoms with Gasteiger partial charge in [-0.2, -0.15) is 0 Å². The predicted octanol–water partition coefficient (Wildman–Crippen LogP) is 2.04. The second-order valence-electron chi connectivity index (χ2n) is 4.35. The maximum absolute atomic E-state index is 5.95. The van der Waals surface area contributed by atoms with Gasteiger partial charge in [0, 0.05) is 6.54 Å². The van der Waals surface area contributed by atoms with Crippen LogP contribution in [-0.2, 0) is 6.54 Å². The molecule has 0 spiro atoms. The van der Waals surface area contributed by atoms with Crippen molar-refractivity contribution in [2.75, 3.05) is 12.8 Å². The van der Waals surface area contributed by atoms with Crippen LogP contribution in [0.3, 0.4) is 0 Å². The molecule has 1 heterocycles. The summed E-state index contributed by atoms with van der Waals surface area (Å²) in [5.41, 5.74) is 7.89. The van der Waals surface area contributed by atoms with Gasteiger partial charge in [0.15, 0.2) is 0 Å². The van der Waals surface area contributed by atoms with Crippen molar-refractivity contribution < 1.29 is 4.74 Å². The van der Waals surface area contributed by atoms with Gasteiger partial charge in [-0.3, -0.25) is 0 Å². The van der Waals surface area contributed by atoms with Gasteiger partial charge in [-0.05, 0) is 30.9 Å². The molecule has 2 N–H and O–H groups in total. The molecule has 0 radical (unpaired) electrons. The Labute approximate surface area is 94.0 Å². The summed E-state index contributed by atoms with van der Waals surface area (Å²) in [4.78, 5) is 4.38. The van der Waals surface area contributed by atoms with E-state index in [1.165, 1.54) is 12.8 Å². The molecular formula is C12H15N3O. The number of fused-ring (bicyclic) bond motifs is 1. The summed E-state index contributed by atoms with van der Waals surface area (Å²) in [6.07, 6.45) is 2.62. The number of imidazole rings is 1. The quantitative estimate of drug-likeness (QED) is 0.856. The first-order valence-corrected chi connectivity index (χ1v) is 5.58. The molecule has 1 aliphatic rings. The average Bonchev–Trinajstić information content (AvgIpc) is 3.04. The lowest BCUT2D eigenvalue weighted by atomic mass is 10.3. The number of nitrogen functional groups attached to an aromatic ring is 1. The Morgan fingerprint density at radius 3 is 3.00 bits per heavy atom. The second-order valence-corrected chi connectivity index (χ2v) is 4.35. The molecule has 0 bridgehead atoms. The second kappa shape index (κ2) is 3.40. The predicted molar refractivity (Wildman–Crippen MR) is 63.4 cm³/mol. The lowest BCUT2D eigenvalue weighted by Gasteiger charge is -2.05. The van der Waals surface area contributed by atoms with Gasteiger partial charge < -0.3 is 15.0 Å². The van der Waals surface area contributed by atoms with Crippen LogP contribution in [0.15, 0.2) is 18.2 Å². The number of methoxy groups -OCH3 is 1. The van der Waals surface area contributed by atoms with Gasteiger partial charge in [-0.15, -0.1) is 0 Å². The van der Waals surface area contributed by atoms with E-state index in [0.29, 0.717) is 5.95 Å². The van der Waals surface area contributed by atoms with Crippen LogP contribution >= 0.6 is 0 Å². The van der Waals surface area contributed by atoms with E-state index in [-0.39, 0.29) is 0 Å². The van der Waals surface area contributed by atoms with Crippen molar-refractivity contribution in [1.82, 2.24) is 9.55 Å². The molecule has 1 fully saturated rings. The molecule has 4 nitrogen and oxygen atoms in total. The van der Waals surface area contributed by atoms with Crippen molar-refractivity contribution in [3.8, 4) is 5.75 Å². The maximum atomic E-state index is 5.95. The summed E-state index contributed by atoms with van der Waals surface area (Å²) in [7, 11) is 1.66. The molecule has 3 rings (SSSR count). The molecule has 16 heavy (non-hydrogen) atoms. The summed E-state index contributed by atoms with van der Waals surface area (Å²) < 4.78 is 7.38. The molecule has 2 aromatic rings. The number of nitrogens with two attached hydrogens (primary N) is 1. The molecule has 1 aromatic carbocycles. The number of rotatable bonds is 3. The Kier molecular flexibility index (Phi) is 2.02. The molecule has 1 saturated carbocycles. The standard InChI is InChI=1S/C12H15N3O/c1-16-10-4-2-3-9-11(10)14-12(13)15(9)7-8-5-6-8/h2-4,8H,5-7H2,1H3,(H2,13,14). The lowest BCUT2D eigenvalue weighted by molar-refractivity contribution is 0.419. The van der Waals surface area contributed by atoms with E-state index >= 15 is 0 Å². The van der Waals surface area contributed by atoms with Crippen LogP contribution in [0.2, 0.25) is 0 Å². The molecule has 84 valence electrons. The van der Waals surface area contributed by atoms with Crippen LogP contribution in [0.5, 0.6) is 5.75 Å². The van der Waals surface area contributed by atoms with Crippen LogP contribution in [-0.4, -0.2) is 16.7 Å². The zero-order valence-electron chi connectivity index (χ0n) is 9.31. The third-order valence-corrected chi connectivity index (χ3v) is 3.13. The van der Waals surface area contributed by atoms with Crippen molar-refractivity contribution in [2.24, 2.45) is 5.92 Å². The highest BCUT2D eigenvalue weighted by Gasteiger charge is 2.24. The maximum Gasteiger partial charge on any atom is 0.201 e. The molecule has 4 heteroatoms. The highest BCUT2D eigenvalue weighted by Crippen LogP contribution is 2.34. The SMILES string of the molecule is COc1cccc2c1nc(N)n2CC1CC1. The van der Waals surface area contributed by atoms with Gasteiger partial charge >= 0.3 is 0 Å². The van der Waals surface area contributed by atoms with Gasteiger partial charge in [-0.1, -0.05) is 6.07 Å². The first kappa shape index (κ1) is 9.51. The van der Waals surface area contributed by atoms with E-state index in [0.717, 1.165) is 29.2 Å². The first-order valence-electron chi connectivity index (χ1n) is 5.58. The summed E-state index contributed by atoms with van der Waals surface area (Å²) in [6, 6.07) is 5.94. The minimum absolute atomic E-state index is 0.589. The molecule has 0 aliphatic heterocycles. The topological polar surface area (TPSA) is 53.1 Å². The minimum Gasteiger partial charge on any atom is -0.494 e. The number of para-hydroxylation sites is 1. The van der Waals surface area contributed by atoms with E-state index in [4.69, 9.17) is 10.5 Å². The van der Waals surface area contributed by atoms with Crippen LogP contribution in [0.25, 0.3) is 11.0 Å².